The van der Waals surface area contributed by atoms with Gasteiger partial charge in [0.1, 0.15) is 11.6 Å². The highest BCUT2D eigenvalue weighted by Gasteiger charge is 2.30. The Hall–Kier alpha value is -5.00. The Morgan fingerprint density at radius 2 is 1.81 bits per heavy atom. The van der Waals surface area contributed by atoms with Crippen LogP contribution in [0.15, 0.2) is 66.9 Å². The van der Waals surface area contributed by atoms with Crippen molar-refractivity contribution in [2.24, 2.45) is 5.92 Å². The van der Waals surface area contributed by atoms with E-state index >= 15 is 0 Å². The summed E-state index contributed by atoms with van der Waals surface area (Å²) in [5, 5.41) is 18.2. The van der Waals surface area contributed by atoms with E-state index in [-0.39, 0.29) is 18.4 Å². The van der Waals surface area contributed by atoms with E-state index in [4.69, 9.17) is 14.7 Å². The first-order chi connectivity index (χ1) is 22.8. The lowest BCUT2D eigenvalue weighted by molar-refractivity contribution is -0.117. The normalized spacial score (nSPS) is 12.8. The number of nitrogens with zero attached hydrogens (tertiary/aromatic N) is 5. The molecule has 11 nitrogen and oxygen atoms in total. The van der Waals surface area contributed by atoms with E-state index < -0.39 is 0 Å². The number of carbonyl (C=O) groups excluding carboxylic acids is 1. The summed E-state index contributed by atoms with van der Waals surface area (Å²) in [5.41, 5.74) is 5.36. The van der Waals surface area contributed by atoms with Crippen LogP contribution in [0, 0.1) is 5.92 Å². The maximum atomic E-state index is 12.9. The Balaban J connectivity index is 1.35. The maximum Gasteiger partial charge on any atom is 0.227 e. The summed E-state index contributed by atoms with van der Waals surface area (Å²) >= 11 is 0. The van der Waals surface area contributed by atoms with Crippen LogP contribution in [0.1, 0.15) is 25.1 Å². The summed E-state index contributed by atoms with van der Waals surface area (Å²) in [4.78, 5) is 34.9. The van der Waals surface area contributed by atoms with Gasteiger partial charge < -0.3 is 35.3 Å². The second-order valence-electron chi connectivity index (χ2n) is 12.2. The summed E-state index contributed by atoms with van der Waals surface area (Å²) in [6.07, 6.45) is 4.73. The molecule has 0 atom stereocenters. The van der Waals surface area contributed by atoms with E-state index in [9.17, 15) is 9.90 Å². The quantitative estimate of drug-likeness (QED) is 0.121. The minimum absolute atomic E-state index is 0.0269. The summed E-state index contributed by atoms with van der Waals surface area (Å²) < 4.78 is 5.82. The van der Waals surface area contributed by atoms with Gasteiger partial charge in [0.2, 0.25) is 11.9 Å². The predicted molar refractivity (Wildman–Crippen MR) is 187 cm³/mol. The molecule has 1 fully saturated rings. The standard InChI is InChI=1S/C36H42N8O3/c1-43(2)17-18-44(3)30-22-31(47-4)29(21-28(30)38-35(46)24-12-13-24)40-36-37-16-15-27(39-36)34-33(41-32(42-34)10-7-19-45)26-14-11-23-8-5-6-9-25(23)20-26/h5-6,8-9,11,14-16,20-22,24,45H,7,10,12-13,17-19H2,1-4H3,(H,38,46)(H,41,42)(H,37,39,40). The minimum atomic E-state index is 0.0269. The topological polar surface area (TPSA) is 132 Å². The van der Waals surface area contributed by atoms with Crippen molar-refractivity contribution in [1.29, 1.82) is 0 Å². The summed E-state index contributed by atoms with van der Waals surface area (Å²) in [6, 6.07) is 20.2. The fraction of sp³-hybridized carbons (Fsp3) is 0.333. The number of nitrogens with one attached hydrogen (secondary N) is 3. The van der Waals surface area contributed by atoms with Gasteiger partial charge in [0.15, 0.2) is 0 Å². The Kier molecular flexibility index (Phi) is 9.65. The van der Waals surface area contributed by atoms with Crippen LogP contribution >= 0.6 is 0 Å². The second-order valence-corrected chi connectivity index (χ2v) is 12.2. The van der Waals surface area contributed by atoms with Crippen LogP contribution in [0.4, 0.5) is 23.0 Å². The molecular weight excluding hydrogens is 592 g/mol. The van der Waals surface area contributed by atoms with Gasteiger partial charge in [-0.15, -0.1) is 0 Å². The largest absolute Gasteiger partial charge is 0.494 e. The number of benzene rings is 3. The maximum absolute atomic E-state index is 12.9. The highest BCUT2D eigenvalue weighted by molar-refractivity contribution is 5.98. The van der Waals surface area contributed by atoms with Crippen molar-refractivity contribution in [3.05, 3.63) is 72.7 Å². The molecule has 0 aliphatic heterocycles. The average Bonchev–Trinajstić information content (AvgIpc) is 3.85. The summed E-state index contributed by atoms with van der Waals surface area (Å²) in [7, 11) is 7.71. The number of aromatic nitrogens is 4. The first-order valence-corrected chi connectivity index (χ1v) is 16.0. The fourth-order valence-electron chi connectivity index (χ4n) is 5.50. The molecule has 0 unspecified atom stereocenters. The summed E-state index contributed by atoms with van der Waals surface area (Å²) in [6.45, 7) is 1.70. The molecule has 244 valence electrons. The third kappa shape index (κ3) is 7.53. The molecule has 0 radical (unpaired) electrons. The molecule has 2 aromatic heterocycles. The van der Waals surface area contributed by atoms with Gasteiger partial charge in [0, 0.05) is 56.9 Å². The van der Waals surface area contributed by atoms with Crippen molar-refractivity contribution in [2.45, 2.75) is 25.7 Å². The minimum Gasteiger partial charge on any atom is -0.494 e. The van der Waals surface area contributed by atoms with Gasteiger partial charge in [-0.1, -0.05) is 36.4 Å². The molecule has 1 aliphatic carbocycles. The number of aryl methyl sites for hydroxylation is 1. The van der Waals surface area contributed by atoms with Crippen LogP contribution in [-0.2, 0) is 11.2 Å². The first-order valence-electron chi connectivity index (χ1n) is 16.0. The van der Waals surface area contributed by atoms with Gasteiger partial charge in [-0.05, 0) is 62.3 Å². The number of fused-ring (bicyclic) bond motifs is 1. The van der Waals surface area contributed by atoms with E-state index in [2.05, 4.69) is 60.7 Å². The van der Waals surface area contributed by atoms with E-state index in [1.807, 2.05) is 51.5 Å². The second kappa shape index (κ2) is 14.2. The summed E-state index contributed by atoms with van der Waals surface area (Å²) in [5.74, 6) is 1.82. The zero-order valence-electron chi connectivity index (χ0n) is 27.4. The van der Waals surface area contributed by atoms with Crippen molar-refractivity contribution in [2.75, 3.05) is 63.5 Å². The number of hydrogen-bond acceptors (Lipinski definition) is 9. The van der Waals surface area contributed by atoms with Crippen LogP contribution in [0.2, 0.25) is 0 Å². The van der Waals surface area contributed by atoms with Crippen LogP contribution in [0.25, 0.3) is 33.4 Å². The number of aliphatic hydroxyl groups excluding tert-OH is 1. The fourth-order valence-corrected chi connectivity index (χ4v) is 5.50. The number of carbonyl (C=O) groups is 1. The predicted octanol–water partition coefficient (Wildman–Crippen LogP) is 5.71. The van der Waals surface area contributed by atoms with Crippen molar-refractivity contribution in [1.82, 2.24) is 24.8 Å². The average molecular weight is 635 g/mol. The van der Waals surface area contributed by atoms with Gasteiger partial charge in [0.25, 0.3) is 0 Å². The third-order valence-electron chi connectivity index (χ3n) is 8.32. The van der Waals surface area contributed by atoms with Crippen molar-refractivity contribution in [3.63, 3.8) is 0 Å². The SMILES string of the molecule is COc1cc(N(C)CCN(C)C)c(NC(=O)C2CC2)cc1Nc1nccc(-c2[nH]c(CCCO)nc2-c2ccc3ccccc3c2)n1. The van der Waals surface area contributed by atoms with Gasteiger partial charge in [-0.25, -0.2) is 15.0 Å². The highest BCUT2D eigenvalue weighted by Crippen LogP contribution is 2.40. The Labute approximate surface area is 275 Å². The molecule has 5 aromatic rings. The number of ether oxygens (including phenoxy) is 1. The van der Waals surface area contributed by atoms with Crippen LogP contribution in [0.5, 0.6) is 5.75 Å². The number of amides is 1. The molecule has 6 rings (SSSR count). The number of H-pyrrole nitrogens is 1. The molecule has 0 bridgehead atoms. The molecule has 3 aromatic carbocycles. The number of anilines is 4. The highest BCUT2D eigenvalue weighted by atomic mass is 16.5. The zero-order valence-corrected chi connectivity index (χ0v) is 27.4. The molecule has 2 heterocycles. The molecule has 11 heteroatoms. The Bertz CT molecular complexity index is 1870. The van der Waals surface area contributed by atoms with Crippen molar-refractivity contribution >= 4 is 39.7 Å². The lowest BCUT2D eigenvalue weighted by Gasteiger charge is -2.26. The molecule has 1 amide bonds. The van der Waals surface area contributed by atoms with E-state index in [0.29, 0.717) is 41.6 Å². The number of hydrogen-bond donors (Lipinski definition) is 4. The zero-order chi connectivity index (χ0) is 32.9. The van der Waals surface area contributed by atoms with Crippen LogP contribution in [0.3, 0.4) is 0 Å². The number of aliphatic hydroxyl groups is 1. The van der Waals surface area contributed by atoms with Gasteiger partial charge in [-0.3, -0.25) is 4.79 Å². The van der Waals surface area contributed by atoms with E-state index in [1.165, 1.54) is 0 Å². The number of methoxy groups -OCH3 is 1. The van der Waals surface area contributed by atoms with Crippen LogP contribution < -0.4 is 20.3 Å². The molecular formula is C36H42N8O3. The molecule has 1 saturated carbocycles. The van der Waals surface area contributed by atoms with Crippen molar-refractivity contribution in [3.8, 4) is 28.4 Å². The lowest BCUT2D eigenvalue weighted by atomic mass is 10.0. The lowest BCUT2D eigenvalue weighted by Crippen LogP contribution is -2.29. The smallest absolute Gasteiger partial charge is 0.227 e. The number of rotatable bonds is 14. The monoisotopic (exact) mass is 634 g/mol. The van der Waals surface area contributed by atoms with E-state index in [0.717, 1.165) is 65.2 Å². The third-order valence-corrected chi connectivity index (χ3v) is 8.32. The number of likely N-dealkylation sites (N-methyl/N-ethyl adjacent to an activating group) is 2. The van der Waals surface area contributed by atoms with Crippen molar-refractivity contribution < 1.29 is 14.6 Å². The Morgan fingerprint density at radius 1 is 1.00 bits per heavy atom. The molecule has 1 aliphatic rings. The van der Waals surface area contributed by atoms with Gasteiger partial charge in [-0.2, -0.15) is 0 Å². The molecule has 47 heavy (non-hydrogen) atoms. The first kappa shape index (κ1) is 32.0. The number of aromatic amines is 1. The molecule has 0 spiro atoms. The van der Waals surface area contributed by atoms with Gasteiger partial charge >= 0.3 is 0 Å². The van der Waals surface area contributed by atoms with Crippen LogP contribution in [-0.4, -0.2) is 83.8 Å². The van der Waals surface area contributed by atoms with E-state index in [1.54, 1.807) is 13.3 Å². The van der Waals surface area contributed by atoms with Gasteiger partial charge in [0.05, 0.1) is 41.3 Å². The number of imidazole rings is 1. The molecule has 0 saturated heterocycles. The molecule has 4 N–H and O–H groups in total. The Morgan fingerprint density at radius 3 is 2.55 bits per heavy atom.